The molecule has 0 atom stereocenters. The van der Waals surface area contributed by atoms with Crippen LogP contribution in [0, 0.1) is 29.1 Å². The zero-order chi connectivity index (χ0) is 24.2. The maximum Gasteiger partial charge on any atom is 0.319 e. The van der Waals surface area contributed by atoms with Gasteiger partial charge in [0, 0.05) is 0 Å². The third-order valence-electron chi connectivity index (χ3n) is 3.91. The molecule has 9 nitrogen and oxygen atoms in total. The number of anilines is 2. The Morgan fingerprint density at radius 2 is 1.53 bits per heavy atom. The van der Waals surface area contributed by atoms with Crippen molar-refractivity contribution in [2.45, 2.75) is 10.9 Å². The van der Waals surface area contributed by atoms with E-state index in [0.717, 1.165) is 18.2 Å². The van der Waals surface area contributed by atoms with Crippen molar-refractivity contribution in [3.05, 3.63) is 47.3 Å². The molecular formula is C17H16F5N3O6S. The van der Waals surface area contributed by atoms with Gasteiger partial charge in [0.05, 0.1) is 37.7 Å². The first-order valence-corrected chi connectivity index (χ1v) is 9.96. The highest BCUT2D eigenvalue weighted by molar-refractivity contribution is 7.92. The van der Waals surface area contributed by atoms with E-state index < -0.39 is 75.0 Å². The topological polar surface area (TPSA) is 137 Å². The van der Waals surface area contributed by atoms with Crippen molar-refractivity contribution < 1.29 is 50.1 Å². The minimum absolute atomic E-state index is 0.0103. The van der Waals surface area contributed by atoms with Crippen LogP contribution < -0.4 is 20.1 Å². The molecule has 0 saturated carbocycles. The lowest BCUT2D eigenvalue weighted by molar-refractivity contribution is 0.172. The van der Waals surface area contributed by atoms with Gasteiger partial charge in [0.25, 0.3) is 10.0 Å². The van der Waals surface area contributed by atoms with Gasteiger partial charge in [0.15, 0.2) is 28.2 Å². The monoisotopic (exact) mass is 485 g/mol. The number of ether oxygens (including phenoxy) is 1. The molecule has 2 aromatic carbocycles. The average molecular weight is 485 g/mol. The standard InChI is InChI=1S/C17H16F5N3O6S/c1-31-10-3-2-7(4-9(10)24-17(28)23-8(5-26)6-27)25-32(29,30)16-14(21)12(19)11(18)13(20)15(16)22/h2-4,8,25-27H,5-6H2,1H3,(H2,23,24,28). The van der Waals surface area contributed by atoms with E-state index in [1.807, 2.05) is 0 Å². The van der Waals surface area contributed by atoms with Gasteiger partial charge in [-0.2, -0.15) is 0 Å². The largest absolute Gasteiger partial charge is 0.495 e. The summed E-state index contributed by atoms with van der Waals surface area (Å²) >= 11 is 0. The summed E-state index contributed by atoms with van der Waals surface area (Å²) in [6, 6.07) is 1.11. The molecule has 0 aliphatic heterocycles. The number of methoxy groups -OCH3 is 1. The van der Waals surface area contributed by atoms with Crippen LogP contribution in [-0.4, -0.2) is 51.0 Å². The van der Waals surface area contributed by atoms with E-state index in [2.05, 4.69) is 10.6 Å². The van der Waals surface area contributed by atoms with Crippen molar-refractivity contribution >= 4 is 27.4 Å². The second-order valence-electron chi connectivity index (χ2n) is 6.08. The van der Waals surface area contributed by atoms with E-state index in [0.29, 0.717) is 0 Å². The number of nitrogens with one attached hydrogen (secondary N) is 3. The zero-order valence-electron chi connectivity index (χ0n) is 16.0. The van der Waals surface area contributed by atoms with Gasteiger partial charge in [-0.25, -0.2) is 35.2 Å². The Morgan fingerprint density at radius 3 is 2.03 bits per heavy atom. The highest BCUT2D eigenvalue weighted by atomic mass is 32.2. The first-order valence-electron chi connectivity index (χ1n) is 8.48. The smallest absolute Gasteiger partial charge is 0.319 e. The van der Waals surface area contributed by atoms with Gasteiger partial charge in [-0.05, 0) is 18.2 Å². The summed E-state index contributed by atoms with van der Waals surface area (Å²) in [6.45, 7) is -1.19. The lowest BCUT2D eigenvalue weighted by atomic mass is 10.2. The van der Waals surface area contributed by atoms with Crippen LogP contribution >= 0.6 is 0 Å². The van der Waals surface area contributed by atoms with E-state index >= 15 is 0 Å². The minimum atomic E-state index is -5.31. The second kappa shape index (κ2) is 9.97. The van der Waals surface area contributed by atoms with Crippen molar-refractivity contribution in [3.8, 4) is 5.75 Å². The lowest BCUT2D eigenvalue weighted by Gasteiger charge is -2.17. The van der Waals surface area contributed by atoms with Gasteiger partial charge in [0.1, 0.15) is 5.75 Å². The molecule has 5 N–H and O–H groups in total. The molecule has 0 bridgehead atoms. The molecule has 0 saturated heterocycles. The van der Waals surface area contributed by atoms with Gasteiger partial charge in [-0.1, -0.05) is 0 Å². The first-order chi connectivity index (χ1) is 15.0. The number of carbonyl (C=O) groups excluding carboxylic acids is 1. The summed E-state index contributed by atoms with van der Waals surface area (Å²) in [5.41, 5.74) is -0.622. The molecule has 2 rings (SSSR count). The third-order valence-corrected chi connectivity index (χ3v) is 5.31. The molecule has 0 spiro atoms. The van der Waals surface area contributed by atoms with Crippen LogP contribution in [-0.2, 0) is 10.0 Å². The minimum Gasteiger partial charge on any atom is -0.495 e. The van der Waals surface area contributed by atoms with Crippen LogP contribution in [0.15, 0.2) is 23.1 Å². The SMILES string of the molecule is COc1ccc(NS(=O)(=O)c2c(F)c(F)c(F)c(F)c2F)cc1NC(=O)NC(CO)CO. The highest BCUT2D eigenvalue weighted by Crippen LogP contribution is 2.31. The Labute approximate surface area is 177 Å². The van der Waals surface area contributed by atoms with Crippen LogP contribution in [0.4, 0.5) is 38.1 Å². The van der Waals surface area contributed by atoms with Crippen LogP contribution in [0.5, 0.6) is 5.75 Å². The molecule has 0 aliphatic rings. The fraction of sp³-hybridized carbons (Fsp3) is 0.235. The maximum absolute atomic E-state index is 13.9. The molecule has 0 radical (unpaired) electrons. The van der Waals surface area contributed by atoms with Crippen LogP contribution in [0.2, 0.25) is 0 Å². The number of hydrogen-bond acceptors (Lipinski definition) is 6. The molecule has 2 aromatic rings. The Balaban J connectivity index is 2.40. The molecule has 176 valence electrons. The normalized spacial score (nSPS) is 11.4. The van der Waals surface area contributed by atoms with Crippen molar-refractivity contribution in [2.24, 2.45) is 0 Å². The molecular weight excluding hydrogens is 469 g/mol. The van der Waals surface area contributed by atoms with Crippen molar-refractivity contribution in [1.29, 1.82) is 0 Å². The number of benzene rings is 2. The van der Waals surface area contributed by atoms with Gasteiger partial charge >= 0.3 is 6.03 Å². The predicted octanol–water partition coefficient (Wildman–Crippen LogP) is 1.67. The van der Waals surface area contributed by atoms with Crippen LogP contribution in [0.1, 0.15) is 0 Å². The fourth-order valence-electron chi connectivity index (χ4n) is 2.39. The third kappa shape index (κ3) is 5.17. The number of hydrogen-bond donors (Lipinski definition) is 5. The number of carbonyl (C=O) groups is 1. The Bertz CT molecular complexity index is 1100. The molecule has 32 heavy (non-hydrogen) atoms. The van der Waals surface area contributed by atoms with Crippen LogP contribution in [0.3, 0.4) is 0 Å². The first kappa shape index (κ1) is 25.1. The van der Waals surface area contributed by atoms with E-state index in [9.17, 15) is 35.2 Å². The van der Waals surface area contributed by atoms with E-state index in [1.54, 1.807) is 4.72 Å². The molecule has 15 heteroatoms. The molecule has 0 fully saturated rings. The number of urea groups is 1. The second-order valence-corrected chi connectivity index (χ2v) is 7.70. The van der Waals surface area contributed by atoms with E-state index in [1.165, 1.54) is 7.11 Å². The number of aliphatic hydroxyl groups excluding tert-OH is 2. The van der Waals surface area contributed by atoms with Gasteiger partial charge in [0.2, 0.25) is 5.82 Å². The maximum atomic E-state index is 13.9. The summed E-state index contributed by atoms with van der Waals surface area (Å²) in [5, 5.41) is 22.4. The molecule has 2 amide bonds. The fourth-order valence-corrected chi connectivity index (χ4v) is 3.58. The molecule has 0 aromatic heterocycles. The molecule has 0 aliphatic carbocycles. The number of rotatable bonds is 8. The highest BCUT2D eigenvalue weighted by Gasteiger charge is 2.33. The molecule has 0 heterocycles. The van der Waals surface area contributed by atoms with Gasteiger partial charge in [-0.3, -0.25) is 4.72 Å². The Hall–Kier alpha value is -3.17. The van der Waals surface area contributed by atoms with Crippen molar-refractivity contribution in [3.63, 3.8) is 0 Å². The Kier molecular flexibility index (Phi) is 7.82. The predicted molar refractivity (Wildman–Crippen MR) is 100 cm³/mol. The molecule has 0 unspecified atom stereocenters. The summed E-state index contributed by atoms with van der Waals surface area (Å²) in [6.07, 6.45) is 0. The van der Waals surface area contributed by atoms with E-state index in [4.69, 9.17) is 14.9 Å². The van der Waals surface area contributed by atoms with Gasteiger partial charge in [-0.15, -0.1) is 0 Å². The Morgan fingerprint density at radius 1 is 1.00 bits per heavy atom. The summed E-state index contributed by atoms with van der Waals surface area (Å²) in [4.78, 5) is 9.87. The summed E-state index contributed by atoms with van der Waals surface area (Å²) < 4.78 is 99.0. The number of sulfonamides is 1. The van der Waals surface area contributed by atoms with E-state index in [-0.39, 0.29) is 11.4 Å². The number of halogens is 5. The summed E-state index contributed by atoms with van der Waals surface area (Å²) in [7, 11) is -4.11. The zero-order valence-corrected chi connectivity index (χ0v) is 16.9. The summed E-state index contributed by atoms with van der Waals surface area (Å²) in [5.74, 6) is -12.5. The van der Waals surface area contributed by atoms with Crippen molar-refractivity contribution in [2.75, 3.05) is 30.4 Å². The van der Waals surface area contributed by atoms with Gasteiger partial charge < -0.3 is 25.6 Å². The van der Waals surface area contributed by atoms with Crippen molar-refractivity contribution in [1.82, 2.24) is 5.32 Å². The quantitative estimate of drug-likeness (QED) is 0.219. The number of amides is 2. The average Bonchev–Trinajstić information content (AvgIpc) is 2.74. The van der Waals surface area contributed by atoms with Crippen LogP contribution in [0.25, 0.3) is 0 Å². The number of aliphatic hydroxyl groups is 2. The lowest BCUT2D eigenvalue weighted by Crippen LogP contribution is -2.42.